The molecule has 4 rings (SSSR count). The van der Waals surface area contributed by atoms with Gasteiger partial charge in [-0.15, -0.1) is 0 Å². The van der Waals surface area contributed by atoms with E-state index in [4.69, 9.17) is 4.74 Å². The highest BCUT2D eigenvalue weighted by Crippen LogP contribution is 2.28. The van der Waals surface area contributed by atoms with Crippen LogP contribution in [-0.2, 0) is 9.53 Å². The molecule has 0 radical (unpaired) electrons. The number of hydrogen-bond donors (Lipinski definition) is 1. The molecule has 1 unspecified atom stereocenters. The number of anilines is 1. The molecule has 2 heterocycles. The second kappa shape index (κ2) is 10.6. The molecule has 1 N–H and O–H groups in total. The molecular formula is C25H24N4O5S. The SMILES string of the molecule is CCOC(=O)c1cnn(-c2ccccc2)c1NC(=O)C(CCSC)N1C(=O)c2ccccc2C1=O. The van der Waals surface area contributed by atoms with Crippen molar-refractivity contribution in [3.8, 4) is 5.69 Å². The van der Waals surface area contributed by atoms with Crippen molar-refractivity contribution in [1.29, 1.82) is 0 Å². The number of nitrogens with zero attached hydrogens (tertiary/aromatic N) is 3. The van der Waals surface area contributed by atoms with Gasteiger partial charge >= 0.3 is 5.97 Å². The zero-order valence-corrected chi connectivity index (χ0v) is 20.1. The summed E-state index contributed by atoms with van der Waals surface area (Å²) < 4.78 is 6.55. The first-order chi connectivity index (χ1) is 17.0. The lowest BCUT2D eigenvalue weighted by Gasteiger charge is -2.25. The Hall–Kier alpha value is -3.92. The monoisotopic (exact) mass is 492 g/mol. The second-order valence-electron chi connectivity index (χ2n) is 7.69. The van der Waals surface area contributed by atoms with Crippen LogP contribution >= 0.6 is 11.8 Å². The molecule has 0 saturated heterocycles. The van der Waals surface area contributed by atoms with Gasteiger partial charge in [-0.05, 0) is 49.6 Å². The molecule has 0 fully saturated rings. The summed E-state index contributed by atoms with van der Waals surface area (Å²) in [7, 11) is 0. The van der Waals surface area contributed by atoms with E-state index in [0.717, 1.165) is 4.90 Å². The van der Waals surface area contributed by atoms with Crippen molar-refractivity contribution in [2.45, 2.75) is 19.4 Å². The topological polar surface area (TPSA) is 111 Å². The highest BCUT2D eigenvalue weighted by molar-refractivity contribution is 7.98. The van der Waals surface area contributed by atoms with Gasteiger partial charge in [0.2, 0.25) is 5.91 Å². The van der Waals surface area contributed by atoms with Crippen LogP contribution in [0, 0.1) is 0 Å². The average Bonchev–Trinajstić information content (AvgIpc) is 3.40. The van der Waals surface area contributed by atoms with E-state index in [2.05, 4.69) is 10.4 Å². The number of ether oxygens (including phenoxy) is 1. The Labute approximate surface area is 206 Å². The minimum atomic E-state index is -1.08. The number of carbonyl (C=O) groups is 4. The number of benzene rings is 2. The molecule has 3 aromatic rings. The Kier molecular flexibility index (Phi) is 7.31. The van der Waals surface area contributed by atoms with E-state index in [1.165, 1.54) is 22.6 Å². The summed E-state index contributed by atoms with van der Waals surface area (Å²) in [5.74, 6) is -1.65. The zero-order valence-electron chi connectivity index (χ0n) is 19.3. The predicted molar refractivity (Wildman–Crippen MR) is 132 cm³/mol. The molecule has 10 heteroatoms. The van der Waals surface area contributed by atoms with Crippen LogP contribution in [0.4, 0.5) is 5.82 Å². The standard InChI is InChI=1S/C25H24N4O5S/c1-3-34-25(33)19-15-26-29(16-9-5-4-6-10-16)21(19)27-22(30)20(13-14-35-2)28-23(31)17-11-7-8-12-18(17)24(28)32/h4-12,15,20H,3,13-14H2,1-2H3,(H,27,30). The van der Waals surface area contributed by atoms with Gasteiger partial charge in [-0.1, -0.05) is 30.3 Å². The molecule has 9 nitrogen and oxygen atoms in total. The van der Waals surface area contributed by atoms with Crippen LogP contribution in [0.1, 0.15) is 44.4 Å². The van der Waals surface area contributed by atoms with E-state index in [-0.39, 0.29) is 35.5 Å². The highest BCUT2D eigenvalue weighted by atomic mass is 32.2. The largest absolute Gasteiger partial charge is 0.462 e. The molecule has 35 heavy (non-hydrogen) atoms. The highest BCUT2D eigenvalue weighted by Gasteiger charge is 2.42. The van der Waals surface area contributed by atoms with E-state index in [1.807, 2.05) is 12.3 Å². The number of amides is 3. The minimum absolute atomic E-state index is 0.0648. The number of esters is 1. The van der Waals surface area contributed by atoms with E-state index in [0.29, 0.717) is 11.4 Å². The summed E-state index contributed by atoms with van der Waals surface area (Å²) in [4.78, 5) is 53.4. The van der Waals surface area contributed by atoms with Gasteiger partial charge in [-0.3, -0.25) is 19.3 Å². The maximum Gasteiger partial charge on any atom is 0.343 e. The quantitative estimate of drug-likeness (QED) is 0.360. The molecule has 0 aliphatic carbocycles. The molecule has 1 aliphatic heterocycles. The van der Waals surface area contributed by atoms with Gasteiger partial charge in [-0.2, -0.15) is 16.9 Å². The van der Waals surface area contributed by atoms with Gasteiger partial charge < -0.3 is 10.1 Å². The maximum atomic E-state index is 13.6. The number of thioether (sulfide) groups is 1. The fourth-order valence-electron chi connectivity index (χ4n) is 3.89. The first-order valence-electron chi connectivity index (χ1n) is 11.0. The lowest BCUT2D eigenvalue weighted by Crippen LogP contribution is -2.47. The Balaban J connectivity index is 1.71. The van der Waals surface area contributed by atoms with E-state index >= 15 is 0 Å². The second-order valence-corrected chi connectivity index (χ2v) is 8.67. The summed E-state index contributed by atoms with van der Waals surface area (Å²) in [6, 6.07) is 14.4. The van der Waals surface area contributed by atoms with Gasteiger partial charge in [0.1, 0.15) is 11.6 Å². The maximum absolute atomic E-state index is 13.6. The molecule has 1 aliphatic rings. The molecule has 1 aromatic heterocycles. The van der Waals surface area contributed by atoms with E-state index < -0.39 is 29.7 Å². The van der Waals surface area contributed by atoms with Crippen LogP contribution < -0.4 is 5.32 Å². The van der Waals surface area contributed by atoms with Gasteiger partial charge in [0.25, 0.3) is 11.8 Å². The number of nitrogens with one attached hydrogen (secondary N) is 1. The first kappa shape index (κ1) is 24.2. The van der Waals surface area contributed by atoms with Crippen molar-refractivity contribution >= 4 is 41.3 Å². The zero-order chi connectivity index (χ0) is 24.9. The summed E-state index contributed by atoms with van der Waals surface area (Å²) in [5, 5.41) is 7.03. The molecular weight excluding hydrogens is 468 g/mol. The third-order valence-electron chi connectivity index (χ3n) is 5.54. The minimum Gasteiger partial charge on any atom is -0.462 e. The molecule has 0 bridgehead atoms. The summed E-state index contributed by atoms with van der Waals surface area (Å²) in [6.07, 6.45) is 3.44. The van der Waals surface area contributed by atoms with Gasteiger partial charge in [0, 0.05) is 0 Å². The Bertz CT molecular complexity index is 1240. The number of aromatic nitrogens is 2. The smallest absolute Gasteiger partial charge is 0.343 e. The normalized spacial score (nSPS) is 13.5. The van der Waals surface area contributed by atoms with Crippen molar-refractivity contribution in [3.05, 3.63) is 77.5 Å². The Morgan fingerprint density at radius 1 is 1.03 bits per heavy atom. The van der Waals surface area contributed by atoms with Gasteiger partial charge in [0.15, 0.2) is 5.82 Å². The van der Waals surface area contributed by atoms with Crippen molar-refractivity contribution in [3.63, 3.8) is 0 Å². The molecule has 0 spiro atoms. The van der Waals surface area contributed by atoms with Crippen molar-refractivity contribution < 1.29 is 23.9 Å². The molecule has 2 aromatic carbocycles. The average molecular weight is 493 g/mol. The van der Waals surface area contributed by atoms with Crippen LogP contribution in [0.5, 0.6) is 0 Å². The first-order valence-corrected chi connectivity index (χ1v) is 12.4. The van der Waals surface area contributed by atoms with Crippen LogP contribution in [0.15, 0.2) is 60.8 Å². The number of rotatable bonds is 9. The van der Waals surface area contributed by atoms with E-state index in [9.17, 15) is 19.2 Å². The van der Waals surface area contributed by atoms with Crippen LogP contribution in [0.25, 0.3) is 5.69 Å². The Morgan fingerprint density at radius 3 is 2.26 bits per heavy atom. The summed E-state index contributed by atoms with van der Waals surface area (Å²) in [6.45, 7) is 1.83. The third-order valence-corrected chi connectivity index (χ3v) is 6.19. The van der Waals surface area contributed by atoms with Crippen LogP contribution in [-0.4, -0.2) is 63.0 Å². The van der Waals surface area contributed by atoms with Gasteiger partial charge in [0.05, 0.1) is 29.6 Å². The van der Waals surface area contributed by atoms with Crippen molar-refractivity contribution in [2.75, 3.05) is 23.9 Å². The summed E-state index contributed by atoms with van der Waals surface area (Å²) in [5.41, 5.74) is 1.21. The lowest BCUT2D eigenvalue weighted by molar-refractivity contribution is -0.120. The Morgan fingerprint density at radius 2 is 1.66 bits per heavy atom. The molecule has 0 saturated carbocycles. The van der Waals surface area contributed by atoms with E-state index in [1.54, 1.807) is 55.5 Å². The molecule has 180 valence electrons. The van der Waals surface area contributed by atoms with Crippen molar-refractivity contribution in [2.24, 2.45) is 0 Å². The third kappa shape index (κ3) is 4.69. The fourth-order valence-corrected chi connectivity index (χ4v) is 4.35. The van der Waals surface area contributed by atoms with Crippen LogP contribution in [0.3, 0.4) is 0 Å². The fraction of sp³-hybridized carbons (Fsp3) is 0.240. The van der Waals surface area contributed by atoms with Gasteiger partial charge in [-0.25, -0.2) is 9.48 Å². The molecule has 3 amide bonds. The number of para-hydroxylation sites is 1. The molecule has 1 atom stereocenters. The summed E-state index contributed by atoms with van der Waals surface area (Å²) >= 11 is 1.49. The lowest BCUT2D eigenvalue weighted by atomic mass is 10.1. The van der Waals surface area contributed by atoms with Crippen molar-refractivity contribution in [1.82, 2.24) is 14.7 Å². The van der Waals surface area contributed by atoms with Crippen LogP contribution in [0.2, 0.25) is 0 Å². The number of fused-ring (bicyclic) bond motifs is 1. The number of hydrogen-bond acceptors (Lipinski definition) is 7. The number of carbonyl (C=O) groups excluding carboxylic acids is 4. The number of imide groups is 1. The predicted octanol–water partition coefficient (Wildman–Crippen LogP) is 3.41.